The molecule has 0 aromatic heterocycles. The zero-order valence-electron chi connectivity index (χ0n) is 37.0. The van der Waals surface area contributed by atoms with E-state index in [1.165, 1.54) is 24.3 Å². The van der Waals surface area contributed by atoms with Crippen LogP contribution in [0.2, 0.25) is 0 Å². The van der Waals surface area contributed by atoms with E-state index >= 15 is 4.39 Å². The van der Waals surface area contributed by atoms with Gasteiger partial charge in [-0.05, 0) is 63.1 Å². The Bertz CT molecular complexity index is 3030. The van der Waals surface area contributed by atoms with Gasteiger partial charge in [0.1, 0.15) is 41.2 Å². The molecular formula is C50H42F4N2O12. The third kappa shape index (κ3) is 8.96. The molecule has 0 radical (unpaired) electrons. The SMILES string of the molecule is CCOC(=O)Cc1ccc(N2C(=O)c3c(c(OCC(F)F)c4ccccc4c3OCC)C2=O)c(F)c1.CCOC(=O)Cc1ccc(N2C(=O)c3c(c(OCC)c4ccccc4c3O)C2=O)c(F)c1. The smallest absolute Gasteiger partial charge is 0.310 e. The number of aromatic hydroxyl groups is 1. The highest BCUT2D eigenvalue weighted by atomic mass is 19.3. The van der Waals surface area contributed by atoms with Crippen molar-refractivity contribution in [2.45, 2.75) is 47.0 Å². The number of alkyl halides is 2. The third-order valence-electron chi connectivity index (χ3n) is 10.7. The number of ether oxygens (including phenoxy) is 5. The minimum Gasteiger partial charge on any atom is -0.506 e. The lowest BCUT2D eigenvalue weighted by Gasteiger charge is -2.16. The largest absolute Gasteiger partial charge is 0.506 e. The first-order valence-corrected chi connectivity index (χ1v) is 21.4. The second-order valence-corrected chi connectivity index (χ2v) is 14.9. The molecule has 0 aliphatic carbocycles. The summed E-state index contributed by atoms with van der Waals surface area (Å²) in [5, 5.41) is 12.3. The molecule has 0 atom stereocenters. The molecule has 4 amide bonds. The molecule has 0 spiro atoms. The Kier molecular flexibility index (Phi) is 14.3. The molecule has 18 heteroatoms. The van der Waals surface area contributed by atoms with Crippen LogP contribution < -0.4 is 24.0 Å². The highest BCUT2D eigenvalue weighted by molar-refractivity contribution is 6.39. The molecule has 352 valence electrons. The maximum Gasteiger partial charge on any atom is 0.310 e. The fourth-order valence-electron chi connectivity index (χ4n) is 7.98. The van der Waals surface area contributed by atoms with E-state index in [1.807, 2.05) is 0 Å². The van der Waals surface area contributed by atoms with E-state index in [-0.39, 0.29) is 101 Å². The molecule has 6 aromatic rings. The van der Waals surface area contributed by atoms with Crippen molar-refractivity contribution in [3.05, 3.63) is 130 Å². The monoisotopic (exact) mass is 938 g/mol. The number of esters is 2. The minimum absolute atomic E-state index is 0.0766. The predicted octanol–water partition coefficient (Wildman–Crippen LogP) is 8.92. The number of phenols is 1. The number of amides is 4. The third-order valence-corrected chi connectivity index (χ3v) is 10.7. The highest BCUT2D eigenvalue weighted by Crippen LogP contribution is 2.48. The first-order chi connectivity index (χ1) is 32.7. The van der Waals surface area contributed by atoms with Crippen LogP contribution in [0.25, 0.3) is 21.5 Å². The minimum atomic E-state index is -2.83. The summed E-state index contributed by atoms with van der Waals surface area (Å²) in [6, 6.07) is 20.5. The molecule has 14 nitrogen and oxygen atoms in total. The van der Waals surface area contributed by atoms with Crippen LogP contribution in [0.1, 0.15) is 80.3 Å². The van der Waals surface area contributed by atoms with Crippen molar-refractivity contribution in [1.82, 2.24) is 0 Å². The molecule has 6 aromatic carbocycles. The second-order valence-electron chi connectivity index (χ2n) is 14.9. The average molecular weight is 939 g/mol. The van der Waals surface area contributed by atoms with Crippen molar-refractivity contribution in [2.24, 2.45) is 0 Å². The molecule has 0 unspecified atom stereocenters. The lowest BCUT2D eigenvalue weighted by atomic mass is 9.99. The van der Waals surface area contributed by atoms with Gasteiger partial charge in [0, 0.05) is 21.5 Å². The van der Waals surface area contributed by atoms with Gasteiger partial charge in [-0.3, -0.25) is 28.8 Å². The summed E-state index contributed by atoms with van der Waals surface area (Å²) in [6.45, 7) is 6.45. The molecule has 2 aliphatic rings. The van der Waals surface area contributed by atoms with Gasteiger partial charge in [-0.25, -0.2) is 27.4 Å². The number of hydrogen-bond donors (Lipinski definition) is 1. The van der Waals surface area contributed by atoms with Crippen LogP contribution in [0, 0.1) is 11.6 Å². The Morgan fingerprint density at radius 1 is 0.529 bits per heavy atom. The Morgan fingerprint density at radius 2 is 0.897 bits per heavy atom. The van der Waals surface area contributed by atoms with Crippen molar-refractivity contribution >= 4 is 68.5 Å². The van der Waals surface area contributed by atoms with E-state index in [9.17, 15) is 47.0 Å². The first kappa shape index (κ1) is 47.9. The van der Waals surface area contributed by atoms with Crippen molar-refractivity contribution in [3.8, 4) is 23.0 Å². The molecule has 2 heterocycles. The van der Waals surface area contributed by atoms with Crippen molar-refractivity contribution in [3.63, 3.8) is 0 Å². The number of rotatable bonds is 15. The van der Waals surface area contributed by atoms with Gasteiger partial charge >= 0.3 is 11.9 Å². The Labute approximate surface area is 385 Å². The quantitative estimate of drug-likeness (QED) is 0.0589. The van der Waals surface area contributed by atoms with Gasteiger partial charge in [-0.2, -0.15) is 0 Å². The van der Waals surface area contributed by atoms with Gasteiger partial charge in [-0.15, -0.1) is 0 Å². The molecule has 0 saturated carbocycles. The van der Waals surface area contributed by atoms with Crippen LogP contribution in [-0.2, 0) is 31.9 Å². The van der Waals surface area contributed by atoms with Gasteiger partial charge in [0.25, 0.3) is 30.1 Å². The summed E-state index contributed by atoms with van der Waals surface area (Å²) >= 11 is 0. The topological polar surface area (TPSA) is 175 Å². The highest BCUT2D eigenvalue weighted by Gasteiger charge is 2.46. The predicted molar refractivity (Wildman–Crippen MR) is 239 cm³/mol. The molecule has 0 saturated heterocycles. The molecule has 8 rings (SSSR count). The number of anilines is 2. The fourth-order valence-corrected chi connectivity index (χ4v) is 7.98. The Balaban J connectivity index is 0.000000203. The molecular weight excluding hydrogens is 897 g/mol. The molecule has 1 N–H and O–H groups in total. The lowest BCUT2D eigenvalue weighted by Crippen LogP contribution is -2.30. The number of hydrogen-bond acceptors (Lipinski definition) is 12. The van der Waals surface area contributed by atoms with Gasteiger partial charge in [-0.1, -0.05) is 60.7 Å². The number of halogens is 4. The van der Waals surface area contributed by atoms with Crippen LogP contribution in [0.3, 0.4) is 0 Å². The number of carbonyl (C=O) groups excluding carboxylic acids is 6. The fraction of sp³-hybridized carbons (Fsp3) is 0.240. The number of fused-ring (bicyclic) bond motifs is 4. The molecule has 0 bridgehead atoms. The van der Waals surface area contributed by atoms with Crippen molar-refractivity contribution in [1.29, 1.82) is 0 Å². The van der Waals surface area contributed by atoms with Crippen LogP contribution in [0.5, 0.6) is 23.0 Å². The van der Waals surface area contributed by atoms with Crippen molar-refractivity contribution < 1.29 is 75.1 Å². The zero-order chi connectivity index (χ0) is 49.0. The normalized spacial score (nSPS) is 12.9. The molecule has 0 fully saturated rings. The number of imide groups is 2. The van der Waals surface area contributed by atoms with Gasteiger partial charge in [0.05, 0.1) is 72.9 Å². The summed E-state index contributed by atoms with van der Waals surface area (Å²) in [4.78, 5) is 78.2. The van der Waals surface area contributed by atoms with Crippen LogP contribution in [0.4, 0.5) is 28.9 Å². The average Bonchev–Trinajstić information content (AvgIpc) is 3.72. The van der Waals surface area contributed by atoms with E-state index in [1.54, 1.807) is 76.2 Å². The number of carbonyl (C=O) groups is 6. The van der Waals surface area contributed by atoms with E-state index in [0.717, 1.165) is 12.1 Å². The van der Waals surface area contributed by atoms with Gasteiger partial charge in [0.2, 0.25) is 0 Å². The maximum absolute atomic E-state index is 15.1. The molecule has 68 heavy (non-hydrogen) atoms. The first-order valence-electron chi connectivity index (χ1n) is 21.4. The standard InChI is InChI=1S/C26H22F3NO6.C24H20FNO6/c1-3-34-20(31)12-14-9-10-18(17(27)11-14)30-25(32)21-22(26(30)33)24(36-13-19(28)29)16-8-6-5-7-15(16)23(21)35-4-2;1-3-31-18(27)12-13-9-10-17(16(25)11-13)26-23(29)19-20(24(26)30)22(32-4-2)15-8-6-5-7-14(15)21(19)28/h5-11,19H,3-4,12-13H2,1-2H3;5-11,28H,3-4,12H2,1-2H3. The van der Waals surface area contributed by atoms with Crippen LogP contribution >= 0.6 is 0 Å². The van der Waals surface area contributed by atoms with E-state index in [0.29, 0.717) is 36.9 Å². The number of phenolic OH excluding ortho intramolecular Hbond substituents is 1. The Morgan fingerprint density at radius 3 is 1.28 bits per heavy atom. The van der Waals surface area contributed by atoms with Crippen molar-refractivity contribution in [2.75, 3.05) is 42.8 Å². The number of nitrogens with zero attached hydrogens (tertiary/aromatic N) is 2. The summed E-state index contributed by atoms with van der Waals surface area (Å²) < 4.78 is 82.6. The van der Waals surface area contributed by atoms with Gasteiger partial charge < -0.3 is 28.8 Å². The summed E-state index contributed by atoms with van der Waals surface area (Å²) in [5.74, 6) is -6.67. The molecule has 2 aliphatic heterocycles. The zero-order valence-corrected chi connectivity index (χ0v) is 37.0. The summed E-state index contributed by atoms with van der Waals surface area (Å²) in [5.41, 5.74) is -0.833. The van der Waals surface area contributed by atoms with Crippen LogP contribution in [0.15, 0.2) is 84.9 Å². The Hall–Kier alpha value is -8.02. The van der Waals surface area contributed by atoms with E-state index < -0.39 is 60.2 Å². The summed E-state index contributed by atoms with van der Waals surface area (Å²) in [6.07, 6.45) is -3.18. The summed E-state index contributed by atoms with van der Waals surface area (Å²) in [7, 11) is 0. The lowest BCUT2D eigenvalue weighted by molar-refractivity contribution is -0.143. The second kappa shape index (κ2) is 20.2. The van der Waals surface area contributed by atoms with Gasteiger partial charge in [0.15, 0.2) is 0 Å². The number of benzene rings is 6. The van der Waals surface area contributed by atoms with E-state index in [2.05, 4.69) is 0 Å². The van der Waals surface area contributed by atoms with E-state index in [4.69, 9.17) is 23.7 Å². The maximum atomic E-state index is 15.1. The van der Waals surface area contributed by atoms with Crippen LogP contribution in [-0.4, -0.2) is 80.1 Å².